The second kappa shape index (κ2) is 7.29. The van der Waals surface area contributed by atoms with Crippen LogP contribution in [0.2, 0.25) is 0 Å². The lowest BCUT2D eigenvalue weighted by molar-refractivity contribution is 0.122. The number of H-pyrrole nitrogens is 1. The minimum Gasteiger partial charge on any atom is -0.378 e. The lowest BCUT2D eigenvalue weighted by Gasteiger charge is -2.31. The molecule has 1 N–H and O–H groups in total. The highest BCUT2D eigenvalue weighted by atomic mass is 16.5. The lowest BCUT2D eigenvalue weighted by atomic mass is 10.0. The number of aromatic amines is 1. The van der Waals surface area contributed by atoms with Crippen LogP contribution in [-0.4, -0.2) is 35.9 Å². The van der Waals surface area contributed by atoms with Gasteiger partial charge in [0.15, 0.2) is 5.43 Å². The number of pyridine rings is 1. The fraction of sp³-hybridized carbons (Fsp3) is 0.280. The third kappa shape index (κ3) is 2.93. The van der Waals surface area contributed by atoms with Crippen LogP contribution in [0.5, 0.6) is 0 Å². The molecule has 1 saturated heterocycles. The Balaban J connectivity index is 1.92. The molecule has 1 aliphatic rings. The standard InChI is InChI=1S/C25H24N4O2/c1-4-17-12-19-22(13-21(17)28-7-9-31-10-8-28)29(15(2)3)25-23(24(19)30)18-6-5-16(14-26)11-20(18)27-25/h4-6,11-13,15,27H,1,7-10H2,2-3H3. The Morgan fingerprint density at radius 2 is 1.97 bits per heavy atom. The predicted octanol–water partition coefficient (Wildman–Crippen LogP) is 4.57. The van der Waals surface area contributed by atoms with E-state index in [-0.39, 0.29) is 11.5 Å². The largest absolute Gasteiger partial charge is 0.378 e. The molecule has 6 heteroatoms. The van der Waals surface area contributed by atoms with Crippen molar-refractivity contribution in [3.05, 3.63) is 58.3 Å². The van der Waals surface area contributed by atoms with E-state index in [1.54, 1.807) is 12.1 Å². The van der Waals surface area contributed by atoms with Crippen molar-refractivity contribution in [2.45, 2.75) is 19.9 Å². The average molecular weight is 412 g/mol. The number of rotatable bonds is 3. The van der Waals surface area contributed by atoms with Gasteiger partial charge < -0.3 is 19.2 Å². The van der Waals surface area contributed by atoms with Crippen LogP contribution in [0.3, 0.4) is 0 Å². The number of anilines is 1. The molecule has 1 fully saturated rings. The van der Waals surface area contributed by atoms with Crippen molar-refractivity contribution >= 4 is 44.6 Å². The third-order valence-electron chi connectivity index (χ3n) is 6.11. The zero-order valence-electron chi connectivity index (χ0n) is 17.7. The van der Waals surface area contributed by atoms with E-state index in [1.807, 2.05) is 18.2 Å². The van der Waals surface area contributed by atoms with Gasteiger partial charge in [0.25, 0.3) is 0 Å². The molecule has 0 aliphatic carbocycles. The van der Waals surface area contributed by atoms with Crippen LogP contribution in [0.4, 0.5) is 5.69 Å². The lowest BCUT2D eigenvalue weighted by Crippen LogP contribution is -2.36. The summed E-state index contributed by atoms with van der Waals surface area (Å²) in [7, 11) is 0. The number of hydrogen-bond acceptors (Lipinski definition) is 4. The van der Waals surface area contributed by atoms with E-state index in [9.17, 15) is 10.1 Å². The van der Waals surface area contributed by atoms with E-state index < -0.39 is 0 Å². The minimum atomic E-state index is -0.00511. The minimum absolute atomic E-state index is 0.00511. The quantitative estimate of drug-likeness (QED) is 0.535. The summed E-state index contributed by atoms with van der Waals surface area (Å²) in [6.07, 6.45) is 1.82. The summed E-state index contributed by atoms with van der Waals surface area (Å²) < 4.78 is 7.71. The summed E-state index contributed by atoms with van der Waals surface area (Å²) in [5.74, 6) is 0. The fourth-order valence-electron chi connectivity index (χ4n) is 4.67. The van der Waals surface area contributed by atoms with Crippen LogP contribution in [0.1, 0.15) is 31.0 Å². The third-order valence-corrected chi connectivity index (χ3v) is 6.11. The topological polar surface area (TPSA) is 74.0 Å². The highest BCUT2D eigenvalue weighted by molar-refractivity contribution is 6.10. The first kappa shape index (κ1) is 19.4. The van der Waals surface area contributed by atoms with E-state index in [0.29, 0.717) is 29.5 Å². The average Bonchev–Trinajstić information content (AvgIpc) is 3.17. The molecule has 0 atom stereocenters. The maximum absolute atomic E-state index is 13.7. The van der Waals surface area contributed by atoms with Gasteiger partial charge in [0.2, 0.25) is 0 Å². The Morgan fingerprint density at radius 3 is 2.65 bits per heavy atom. The summed E-state index contributed by atoms with van der Waals surface area (Å²) in [5, 5.41) is 11.5. The van der Waals surface area contributed by atoms with Gasteiger partial charge in [-0.1, -0.05) is 18.7 Å². The number of nitriles is 1. The molecule has 2 aromatic carbocycles. The maximum atomic E-state index is 13.7. The van der Waals surface area contributed by atoms with E-state index in [0.717, 1.165) is 46.4 Å². The van der Waals surface area contributed by atoms with E-state index in [4.69, 9.17) is 4.74 Å². The molecule has 0 radical (unpaired) electrons. The summed E-state index contributed by atoms with van der Waals surface area (Å²) in [6.45, 7) is 11.2. The monoisotopic (exact) mass is 412 g/mol. The molecule has 0 spiro atoms. The van der Waals surface area contributed by atoms with Gasteiger partial charge in [-0.05, 0) is 43.7 Å². The fourth-order valence-corrected chi connectivity index (χ4v) is 4.67. The van der Waals surface area contributed by atoms with Gasteiger partial charge in [0.05, 0.1) is 35.7 Å². The summed E-state index contributed by atoms with van der Waals surface area (Å²) in [5.41, 5.74) is 5.07. The molecular formula is C25H24N4O2. The second-order valence-electron chi connectivity index (χ2n) is 8.25. The molecule has 4 aromatic rings. The zero-order valence-corrected chi connectivity index (χ0v) is 17.7. The summed E-state index contributed by atoms with van der Waals surface area (Å²) >= 11 is 0. The van der Waals surface area contributed by atoms with Gasteiger partial charge >= 0.3 is 0 Å². The van der Waals surface area contributed by atoms with Crippen LogP contribution in [0.15, 0.2) is 41.7 Å². The van der Waals surface area contributed by atoms with Crippen molar-refractivity contribution in [2.75, 3.05) is 31.2 Å². The first-order chi connectivity index (χ1) is 15.0. The van der Waals surface area contributed by atoms with Crippen molar-refractivity contribution in [3.63, 3.8) is 0 Å². The number of aromatic nitrogens is 2. The second-order valence-corrected chi connectivity index (χ2v) is 8.25. The van der Waals surface area contributed by atoms with Crippen LogP contribution >= 0.6 is 0 Å². The molecule has 31 heavy (non-hydrogen) atoms. The van der Waals surface area contributed by atoms with E-state index in [1.165, 1.54) is 0 Å². The SMILES string of the molecule is C=Cc1cc2c(=O)c3c4ccc(C#N)cc4[nH]c3n(C(C)C)c2cc1N1CCOCC1. The van der Waals surface area contributed by atoms with Crippen molar-refractivity contribution < 1.29 is 4.74 Å². The van der Waals surface area contributed by atoms with Crippen molar-refractivity contribution in [3.8, 4) is 6.07 Å². The number of ether oxygens (including phenoxy) is 1. The van der Waals surface area contributed by atoms with Gasteiger partial charge in [-0.3, -0.25) is 4.79 Å². The first-order valence-electron chi connectivity index (χ1n) is 10.6. The molecule has 5 rings (SSSR count). The first-order valence-corrected chi connectivity index (χ1v) is 10.6. The van der Waals surface area contributed by atoms with Gasteiger partial charge in [-0.25, -0.2) is 0 Å². The summed E-state index contributed by atoms with van der Waals surface area (Å²) in [6, 6.07) is 11.8. The van der Waals surface area contributed by atoms with Crippen molar-refractivity contribution in [2.24, 2.45) is 0 Å². The van der Waals surface area contributed by atoms with E-state index >= 15 is 0 Å². The number of nitrogens with zero attached hydrogens (tertiary/aromatic N) is 3. The number of hydrogen-bond donors (Lipinski definition) is 1. The Morgan fingerprint density at radius 1 is 1.19 bits per heavy atom. The Kier molecular flexibility index (Phi) is 4.57. The highest BCUT2D eigenvalue weighted by Crippen LogP contribution is 2.33. The molecule has 0 amide bonds. The molecule has 0 bridgehead atoms. The van der Waals surface area contributed by atoms with Gasteiger partial charge in [0, 0.05) is 41.1 Å². The molecular weight excluding hydrogens is 388 g/mol. The molecule has 3 heterocycles. The molecule has 2 aromatic heterocycles. The molecule has 0 saturated carbocycles. The number of nitrogens with one attached hydrogen (secondary N) is 1. The predicted molar refractivity (Wildman–Crippen MR) is 126 cm³/mol. The van der Waals surface area contributed by atoms with Crippen LogP contribution in [0.25, 0.3) is 38.9 Å². The van der Waals surface area contributed by atoms with Crippen LogP contribution < -0.4 is 10.3 Å². The van der Waals surface area contributed by atoms with Gasteiger partial charge in [-0.15, -0.1) is 0 Å². The highest BCUT2D eigenvalue weighted by Gasteiger charge is 2.21. The van der Waals surface area contributed by atoms with E-state index in [2.05, 4.69) is 47.0 Å². The number of fused-ring (bicyclic) bond motifs is 4. The van der Waals surface area contributed by atoms with Gasteiger partial charge in [0.1, 0.15) is 5.65 Å². The molecule has 0 unspecified atom stereocenters. The Bertz CT molecular complexity index is 1450. The zero-order chi connectivity index (χ0) is 21.7. The van der Waals surface area contributed by atoms with Gasteiger partial charge in [-0.2, -0.15) is 5.26 Å². The normalized spacial score (nSPS) is 14.6. The Hall–Kier alpha value is -3.56. The smallest absolute Gasteiger partial charge is 0.199 e. The molecule has 1 aliphatic heterocycles. The molecule has 6 nitrogen and oxygen atoms in total. The van der Waals surface area contributed by atoms with Crippen LogP contribution in [-0.2, 0) is 4.74 Å². The maximum Gasteiger partial charge on any atom is 0.199 e. The van der Waals surface area contributed by atoms with Crippen molar-refractivity contribution in [1.82, 2.24) is 9.55 Å². The number of benzene rings is 2. The molecule has 156 valence electrons. The van der Waals surface area contributed by atoms with Crippen molar-refractivity contribution in [1.29, 1.82) is 5.26 Å². The van der Waals surface area contributed by atoms with Crippen LogP contribution in [0, 0.1) is 11.3 Å². The summed E-state index contributed by atoms with van der Waals surface area (Å²) in [4.78, 5) is 19.4. The Labute approximate surface area is 179 Å². The number of morpholine rings is 1.